The average Bonchev–Trinajstić information content (AvgIpc) is 2.45. The number of halogens is 1. The fraction of sp³-hybridized carbons (Fsp3) is 0.467. The number of rotatable bonds is 8. The average molecular weight is 341 g/mol. The van der Waals surface area contributed by atoms with Gasteiger partial charge in [0.15, 0.2) is 0 Å². The van der Waals surface area contributed by atoms with Crippen molar-refractivity contribution in [2.24, 2.45) is 0 Å². The molecule has 0 spiro atoms. The SMILES string of the molecule is CCCNC(=O)c1cccc(NC(=O)CCCCBr)c1. The molecular weight excluding hydrogens is 320 g/mol. The van der Waals surface area contributed by atoms with Gasteiger partial charge in [0.05, 0.1) is 0 Å². The molecule has 0 atom stereocenters. The van der Waals surface area contributed by atoms with Gasteiger partial charge in [-0.05, 0) is 37.5 Å². The quantitative estimate of drug-likeness (QED) is 0.563. The van der Waals surface area contributed by atoms with E-state index in [2.05, 4.69) is 26.6 Å². The minimum atomic E-state index is -0.109. The number of unbranched alkanes of at least 4 members (excludes halogenated alkanes) is 1. The molecule has 0 unspecified atom stereocenters. The van der Waals surface area contributed by atoms with Gasteiger partial charge >= 0.3 is 0 Å². The number of nitrogens with one attached hydrogen (secondary N) is 2. The zero-order chi connectivity index (χ0) is 14.8. The third kappa shape index (κ3) is 6.19. The monoisotopic (exact) mass is 340 g/mol. The predicted molar refractivity (Wildman–Crippen MR) is 85.3 cm³/mol. The zero-order valence-electron chi connectivity index (χ0n) is 11.7. The van der Waals surface area contributed by atoms with Crippen LogP contribution in [0.3, 0.4) is 0 Å². The van der Waals surface area contributed by atoms with Crippen molar-refractivity contribution in [1.82, 2.24) is 5.32 Å². The molecule has 0 saturated heterocycles. The maximum absolute atomic E-state index is 11.8. The summed E-state index contributed by atoms with van der Waals surface area (Å²) in [6.07, 6.45) is 3.23. The number of alkyl halides is 1. The molecule has 5 heteroatoms. The standard InChI is InChI=1S/C15H21BrN2O2/c1-2-10-17-15(20)12-6-5-7-13(11-12)18-14(19)8-3-4-9-16/h5-7,11H,2-4,8-10H2,1H3,(H,17,20)(H,18,19). The van der Waals surface area contributed by atoms with Gasteiger partial charge < -0.3 is 10.6 Å². The second-order valence-electron chi connectivity index (χ2n) is 4.53. The Hall–Kier alpha value is -1.36. The Labute approximate surface area is 128 Å². The number of benzene rings is 1. The Morgan fingerprint density at radius 2 is 2.05 bits per heavy atom. The first-order valence-electron chi connectivity index (χ1n) is 6.91. The summed E-state index contributed by atoms with van der Waals surface area (Å²) in [5, 5.41) is 6.54. The Kier molecular flexibility index (Phi) is 7.95. The van der Waals surface area contributed by atoms with E-state index < -0.39 is 0 Å². The molecule has 4 nitrogen and oxygen atoms in total. The summed E-state index contributed by atoms with van der Waals surface area (Å²) in [5.74, 6) is -0.126. The molecule has 0 aromatic heterocycles. The van der Waals surface area contributed by atoms with Gasteiger partial charge in [0.2, 0.25) is 5.91 Å². The van der Waals surface area contributed by atoms with E-state index in [0.717, 1.165) is 24.6 Å². The van der Waals surface area contributed by atoms with Gasteiger partial charge in [-0.3, -0.25) is 9.59 Å². The van der Waals surface area contributed by atoms with Gasteiger partial charge in [0, 0.05) is 29.5 Å². The van der Waals surface area contributed by atoms with Crippen LogP contribution in [0.5, 0.6) is 0 Å². The van der Waals surface area contributed by atoms with E-state index >= 15 is 0 Å². The van der Waals surface area contributed by atoms with Crippen molar-refractivity contribution in [3.05, 3.63) is 29.8 Å². The van der Waals surface area contributed by atoms with Crippen LogP contribution in [0.1, 0.15) is 43.0 Å². The summed E-state index contributed by atoms with van der Waals surface area (Å²) in [6, 6.07) is 7.01. The lowest BCUT2D eigenvalue weighted by atomic mass is 10.1. The fourth-order valence-electron chi connectivity index (χ4n) is 1.68. The van der Waals surface area contributed by atoms with Crippen LogP contribution in [-0.2, 0) is 4.79 Å². The number of amides is 2. The normalized spacial score (nSPS) is 10.1. The molecule has 2 amide bonds. The van der Waals surface area contributed by atoms with Crippen LogP contribution in [-0.4, -0.2) is 23.7 Å². The predicted octanol–water partition coefficient (Wildman–Crippen LogP) is 3.33. The second kappa shape index (κ2) is 9.53. The van der Waals surface area contributed by atoms with Gasteiger partial charge in [-0.1, -0.05) is 28.9 Å². The van der Waals surface area contributed by atoms with Crippen LogP contribution in [0.4, 0.5) is 5.69 Å². The first-order chi connectivity index (χ1) is 9.67. The van der Waals surface area contributed by atoms with E-state index in [9.17, 15) is 9.59 Å². The van der Waals surface area contributed by atoms with Crippen molar-refractivity contribution in [3.8, 4) is 0 Å². The molecule has 1 rings (SSSR count). The Bertz CT molecular complexity index is 449. The zero-order valence-corrected chi connectivity index (χ0v) is 13.3. The highest BCUT2D eigenvalue weighted by Crippen LogP contribution is 2.12. The van der Waals surface area contributed by atoms with Crippen molar-refractivity contribution in [1.29, 1.82) is 0 Å². The molecule has 0 saturated carbocycles. The molecule has 2 N–H and O–H groups in total. The number of carbonyl (C=O) groups excluding carboxylic acids is 2. The third-order valence-corrected chi connectivity index (χ3v) is 3.29. The Morgan fingerprint density at radius 3 is 2.75 bits per heavy atom. The molecule has 0 fully saturated rings. The smallest absolute Gasteiger partial charge is 0.251 e. The van der Waals surface area contributed by atoms with Crippen molar-refractivity contribution in [2.45, 2.75) is 32.6 Å². The van der Waals surface area contributed by atoms with E-state index in [1.807, 2.05) is 6.92 Å². The van der Waals surface area contributed by atoms with Crippen molar-refractivity contribution >= 4 is 33.4 Å². The Morgan fingerprint density at radius 1 is 1.25 bits per heavy atom. The highest BCUT2D eigenvalue weighted by atomic mass is 79.9. The van der Waals surface area contributed by atoms with E-state index in [0.29, 0.717) is 24.2 Å². The molecule has 20 heavy (non-hydrogen) atoms. The first-order valence-corrected chi connectivity index (χ1v) is 8.03. The minimum Gasteiger partial charge on any atom is -0.352 e. The summed E-state index contributed by atoms with van der Waals surface area (Å²) in [6.45, 7) is 2.66. The summed E-state index contributed by atoms with van der Waals surface area (Å²) < 4.78 is 0. The van der Waals surface area contributed by atoms with E-state index in [-0.39, 0.29) is 11.8 Å². The highest BCUT2D eigenvalue weighted by Gasteiger charge is 2.07. The first kappa shape index (κ1) is 16.7. The lowest BCUT2D eigenvalue weighted by Gasteiger charge is -2.08. The fourth-order valence-corrected chi connectivity index (χ4v) is 2.08. The van der Waals surface area contributed by atoms with Crippen molar-refractivity contribution in [2.75, 3.05) is 17.2 Å². The minimum absolute atomic E-state index is 0.0166. The van der Waals surface area contributed by atoms with Gasteiger partial charge in [0.1, 0.15) is 0 Å². The number of anilines is 1. The third-order valence-electron chi connectivity index (χ3n) is 2.73. The van der Waals surface area contributed by atoms with E-state index in [1.165, 1.54) is 0 Å². The maximum atomic E-state index is 11.8. The van der Waals surface area contributed by atoms with Gasteiger partial charge in [0.25, 0.3) is 5.91 Å². The van der Waals surface area contributed by atoms with Crippen LogP contribution in [0.2, 0.25) is 0 Å². The van der Waals surface area contributed by atoms with Crippen LogP contribution in [0.25, 0.3) is 0 Å². The number of hydrogen-bond acceptors (Lipinski definition) is 2. The molecule has 110 valence electrons. The van der Waals surface area contributed by atoms with Crippen LogP contribution >= 0.6 is 15.9 Å². The number of carbonyl (C=O) groups is 2. The lowest BCUT2D eigenvalue weighted by molar-refractivity contribution is -0.116. The topological polar surface area (TPSA) is 58.2 Å². The molecule has 0 aliphatic heterocycles. The maximum Gasteiger partial charge on any atom is 0.251 e. The van der Waals surface area contributed by atoms with Crippen LogP contribution in [0.15, 0.2) is 24.3 Å². The molecule has 0 aliphatic rings. The van der Waals surface area contributed by atoms with Crippen molar-refractivity contribution in [3.63, 3.8) is 0 Å². The van der Waals surface area contributed by atoms with E-state index in [1.54, 1.807) is 24.3 Å². The molecule has 1 aromatic carbocycles. The van der Waals surface area contributed by atoms with Crippen LogP contribution in [0, 0.1) is 0 Å². The summed E-state index contributed by atoms with van der Waals surface area (Å²) in [7, 11) is 0. The summed E-state index contributed by atoms with van der Waals surface area (Å²) in [5.41, 5.74) is 1.23. The lowest BCUT2D eigenvalue weighted by Crippen LogP contribution is -2.24. The summed E-state index contributed by atoms with van der Waals surface area (Å²) in [4.78, 5) is 23.5. The van der Waals surface area contributed by atoms with Crippen molar-refractivity contribution < 1.29 is 9.59 Å². The summed E-state index contributed by atoms with van der Waals surface area (Å²) >= 11 is 3.34. The highest BCUT2D eigenvalue weighted by molar-refractivity contribution is 9.09. The molecule has 1 aromatic rings. The van der Waals surface area contributed by atoms with E-state index in [4.69, 9.17) is 0 Å². The Balaban J connectivity index is 2.54. The molecule has 0 bridgehead atoms. The van der Waals surface area contributed by atoms with Crippen LogP contribution < -0.4 is 10.6 Å². The largest absolute Gasteiger partial charge is 0.352 e. The molecule has 0 aliphatic carbocycles. The molecule has 0 heterocycles. The molecule has 0 radical (unpaired) electrons. The second-order valence-corrected chi connectivity index (χ2v) is 5.32. The van der Waals surface area contributed by atoms with Gasteiger partial charge in [-0.25, -0.2) is 0 Å². The molecular formula is C15H21BrN2O2. The van der Waals surface area contributed by atoms with Gasteiger partial charge in [-0.2, -0.15) is 0 Å². The number of hydrogen-bond donors (Lipinski definition) is 2. The van der Waals surface area contributed by atoms with Gasteiger partial charge in [-0.15, -0.1) is 0 Å².